The number of nitrogens with zero attached hydrogens (tertiary/aromatic N) is 1. The summed E-state index contributed by atoms with van der Waals surface area (Å²) in [6, 6.07) is 15.5. The number of benzene rings is 2. The molecule has 0 radical (unpaired) electrons. The van der Waals surface area contributed by atoms with Gasteiger partial charge in [0.05, 0.1) is 5.76 Å². The van der Waals surface area contributed by atoms with Crippen molar-refractivity contribution in [2.24, 2.45) is 0 Å². The van der Waals surface area contributed by atoms with Crippen molar-refractivity contribution in [2.45, 2.75) is 31.7 Å². The number of hydrogen-bond acceptors (Lipinski definition) is 2. The number of aliphatic hydroxyl groups is 1. The maximum Gasteiger partial charge on any atom is 0.123 e. The second kappa shape index (κ2) is 6.86. The van der Waals surface area contributed by atoms with E-state index in [-0.39, 0.29) is 11.6 Å². The van der Waals surface area contributed by atoms with E-state index in [1.165, 1.54) is 17.3 Å². The molecule has 1 atom stereocenters. The van der Waals surface area contributed by atoms with Crippen molar-refractivity contribution in [2.75, 3.05) is 11.4 Å². The summed E-state index contributed by atoms with van der Waals surface area (Å²) in [4.78, 5) is 2.34. The summed E-state index contributed by atoms with van der Waals surface area (Å²) in [5, 5.41) is 9.46. The molecule has 0 aromatic heterocycles. The second-order valence-corrected chi connectivity index (χ2v) is 6.23. The van der Waals surface area contributed by atoms with Gasteiger partial charge < -0.3 is 10.0 Å². The monoisotopic (exact) mass is 311 g/mol. The molecule has 0 bridgehead atoms. The van der Waals surface area contributed by atoms with Crippen LogP contribution in [0.5, 0.6) is 0 Å². The fourth-order valence-corrected chi connectivity index (χ4v) is 3.35. The molecule has 3 rings (SSSR count). The molecule has 0 spiro atoms. The van der Waals surface area contributed by atoms with E-state index < -0.39 is 0 Å². The molecular weight excluding hydrogens is 289 g/mol. The first kappa shape index (κ1) is 15.6. The number of halogens is 1. The van der Waals surface area contributed by atoms with Crippen LogP contribution in [0.3, 0.4) is 0 Å². The molecule has 1 saturated heterocycles. The largest absolute Gasteiger partial charge is 0.513 e. The zero-order valence-electron chi connectivity index (χ0n) is 13.2. The SMILES string of the molecule is C=C(O)CC1CCCN1c1ccc(Cc2cccc(F)c2)cc1. The summed E-state index contributed by atoms with van der Waals surface area (Å²) in [6.07, 6.45) is 3.59. The second-order valence-electron chi connectivity index (χ2n) is 6.23. The molecule has 2 aromatic carbocycles. The van der Waals surface area contributed by atoms with Crippen LogP contribution in [0.2, 0.25) is 0 Å². The van der Waals surface area contributed by atoms with Crippen LogP contribution in [-0.4, -0.2) is 17.7 Å². The molecule has 2 aromatic rings. The summed E-state index contributed by atoms with van der Waals surface area (Å²) >= 11 is 0. The minimum Gasteiger partial charge on any atom is -0.513 e. The van der Waals surface area contributed by atoms with E-state index in [0.29, 0.717) is 12.5 Å². The Hall–Kier alpha value is -2.29. The standard InChI is InChI=1S/C20H22FNO/c1-15(23)12-20-6-3-11-22(20)19-9-7-16(8-10-19)13-17-4-2-5-18(21)14-17/h2,4-5,7-10,14,20,23H,1,3,6,11-13H2. The van der Waals surface area contributed by atoms with E-state index in [0.717, 1.165) is 31.4 Å². The van der Waals surface area contributed by atoms with Crippen molar-refractivity contribution >= 4 is 5.69 Å². The average molecular weight is 311 g/mol. The molecule has 1 unspecified atom stereocenters. The number of hydrogen-bond donors (Lipinski definition) is 1. The topological polar surface area (TPSA) is 23.5 Å². The van der Waals surface area contributed by atoms with E-state index in [1.54, 1.807) is 12.1 Å². The Morgan fingerprint density at radius 1 is 1.17 bits per heavy atom. The molecule has 3 heteroatoms. The highest BCUT2D eigenvalue weighted by Crippen LogP contribution is 2.29. The van der Waals surface area contributed by atoms with Gasteiger partial charge in [0.25, 0.3) is 0 Å². The fourth-order valence-electron chi connectivity index (χ4n) is 3.35. The van der Waals surface area contributed by atoms with Crippen LogP contribution in [0.15, 0.2) is 60.9 Å². The molecule has 23 heavy (non-hydrogen) atoms. The van der Waals surface area contributed by atoms with E-state index >= 15 is 0 Å². The summed E-state index contributed by atoms with van der Waals surface area (Å²) in [6.45, 7) is 4.63. The highest BCUT2D eigenvalue weighted by Gasteiger charge is 2.25. The average Bonchev–Trinajstić information content (AvgIpc) is 2.95. The molecule has 0 amide bonds. The Balaban J connectivity index is 1.70. The Morgan fingerprint density at radius 2 is 1.96 bits per heavy atom. The first-order valence-corrected chi connectivity index (χ1v) is 8.08. The van der Waals surface area contributed by atoms with Crippen LogP contribution >= 0.6 is 0 Å². The van der Waals surface area contributed by atoms with Gasteiger partial charge in [-0.1, -0.05) is 30.8 Å². The van der Waals surface area contributed by atoms with Gasteiger partial charge in [0.15, 0.2) is 0 Å². The predicted molar refractivity (Wildman–Crippen MR) is 92.4 cm³/mol. The van der Waals surface area contributed by atoms with Crippen molar-refractivity contribution in [3.05, 3.63) is 77.8 Å². The summed E-state index contributed by atoms with van der Waals surface area (Å²) in [7, 11) is 0. The molecule has 2 nitrogen and oxygen atoms in total. The van der Waals surface area contributed by atoms with Crippen LogP contribution in [0.25, 0.3) is 0 Å². The minimum atomic E-state index is -0.191. The highest BCUT2D eigenvalue weighted by molar-refractivity contribution is 5.50. The van der Waals surface area contributed by atoms with Gasteiger partial charge in [0.2, 0.25) is 0 Å². The third-order valence-corrected chi connectivity index (χ3v) is 4.41. The fraction of sp³-hybridized carbons (Fsp3) is 0.300. The van der Waals surface area contributed by atoms with Crippen LogP contribution < -0.4 is 4.90 Å². The van der Waals surface area contributed by atoms with Gasteiger partial charge in [-0.3, -0.25) is 0 Å². The highest BCUT2D eigenvalue weighted by atomic mass is 19.1. The maximum absolute atomic E-state index is 13.3. The lowest BCUT2D eigenvalue weighted by Crippen LogP contribution is -2.29. The van der Waals surface area contributed by atoms with Gasteiger partial charge >= 0.3 is 0 Å². The number of anilines is 1. The predicted octanol–water partition coefficient (Wildman–Crippen LogP) is 4.85. The van der Waals surface area contributed by atoms with Gasteiger partial charge in [0.1, 0.15) is 5.82 Å². The van der Waals surface area contributed by atoms with Gasteiger partial charge in [0, 0.05) is 24.7 Å². The number of aliphatic hydroxyl groups excluding tert-OH is 1. The quantitative estimate of drug-likeness (QED) is 0.798. The smallest absolute Gasteiger partial charge is 0.123 e. The Bertz CT molecular complexity index is 680. The molecule has 1 N–H and O–H groups in total. The van der Waals surface area contributed by atoms with Crippen molar-refractivity contribution < 1.29 is 9.50 Å². The van der Waals surface area contributed by atoms with E-state index in [1.807, 2.05) is 6.07 Å². The molecule has 0 saturated carbocycles. The van der Waals surface area contributed by atoms with Crippen LogP contribution in [0.1, 0.15) is 30.4 Å². The molecule has 1 aliphatic rings. The Kier molecular flexibility index (Phi) is 4.65. The molecule has 1 aliphatic heterocycles. The Morgan fingerprint density at radius 3 is 2.65 bits per heavy atom. The van der Waals surface area contributed by atoms with Crippen molar-refractivity contribution in [3.8, 4) is 0 Å². The lowest BCUT2D eigenvalue weighted by molar-refractivity contribution is 0.376. The summed E-state index contributed by atoms with van der Waals surface area (Å²) in [5.41, 5.74) is 3.33. The van der Waals surface area contributed by atoms with Crippen LogP contribution in [0, 0.1) is 5.82 Å². The van der Waals surface area contributed by atoms with E-state index in [9.17, 15) is 9.50 Å². The van der Waals surface area contributed by atoms with Gasteiger partial charge in [-0.15, -0.1) is 0 Å². The van der Waals surface area contributed by atoms with Crippen molar-refractivity contribution in [3.63, 3.8) is 0 Å². The van der Waals surface area contributed by atoms with Crippen molar-refractivity contribution in [1.82, 2.24) is 0 Å². The zero-order valence-corrected chi connectivity index (χ0v) is 13.2. The maximum atomic E-state index is 13.3. The third kappa shape index (κ3) is 3.92. The van der Waals surface area contributed by atoms with Gasteiger partial charge in [-0.05, 0) is 54.7 Å². The molecule has 0 aliphatic carbocycles. The first-order chi connectivity index (χ1) is 11.1. The lowest BCUT2D eigenvalue weighted by Gasteiger charge is -2.26. The minimum absolute atomic E-state index is 0.191. The summed E-state index contributed by atoms with van der Waals surface area (Å²) < 4.78 is 13.3. The normalized spacial score (nSPS) is 17.4. The Labute approximate surface area is 136 Å². The third-order valence-electron chi connectivity index (χ3n) is 4.41. The lowest BCUT2D eigenvalue weighted by atomic mass is 10.0. The van der Waals surface area contributed by atoms with Crippen molar-refractivity contribution in [1.29, 1.82) is 0 Å². The summed E-state index contributed by atoms with van der Waals surface area (Å²) in [5.74, 6) is 0.0629. The molecule has 1 fully saturated rings. The van der Waals surface area contributed by atoms with Crippen LogP contribution in [0.4, 0.5) is 10.1 Å². The molecular formula is C20H22FNO. The molecule has 120 valence electrons. The van der Waals surface area contributed by atoms with E-state index in [4.69, 9.17) is 0 Å². The van der Waals surface area contributed by atoms with E-state index in [2.05, 4.69) is 35.7 Å². The molecule has 1 heterocycles. The first-order valence-electron chi connectivity index (χ1n) is 8.08. The van der Waals surface area contributed by atoms with Gasteiger partial charge in [-0.25, -0.2) is 4.39 Å². The van der Waals surface area contributed by atoms with Gasteiger partial charge in [-0.2, -0.15) is 0 Å². The number of rotatable bonds is 5. The zero-order chi connectivity index (χ0) is 16.2. The van der Waals surface area contributed by atoms with Crippen LogP contribution in [-0.2, 0) is 6.42 Å².